The van der Waals surface area contributed by atoms with Crippen LogP contribution in [-0.2, 0) is 10.0 Å². The molecule has 0 aliphatic carbocycles. The third-order valence-corrected chi connectivity index (χ3v) is 5.12. The molecule has 0 spiro atoms. The second-order valence-electron chi connectivity index (χ2n) is 4.42. The largest absolute Gasteiger partial charge is 0.369 e. The van der Waals surface area contributed by atoms with Crippen LogP contribution in [0.15, 0.2) is 24.5 Å². The van der Waals surface area contributed by atoms with Crippen molar-refractivity contribution < 1.29 is 8.42 Å². The summed E-state index contributed by atoms with van der Waals surface area (Å²) in [6.45, 7) is 4.94. The van der Waals surface area contributed by atoms with Gasteiger partial charge in [0.2, 0.25) is 10.0 Å². The first-order valence-corrected chi connectivity index (χ1v) is 8.47. The minimum Gasteiger partial charge on any atom is -0.369 e. The molecule has 114 valence electrons. The molecule has 2 heterocycles. The fraction of sp³-hybridized carbons (Fsp3) is 0.462. The van der Waals surface area contributed by atoms with Gasteiger partial charge in [-0.2, -0.15) is 0 Å². The molecular formula is C13H19N5O2S. The van der Waals surface area contributed by atoms with Gasteiger partial charge in [0.25, 0.3) is 0 Å². The zero-order chi connectivity index (χ0) is 15.3. The highest BCUT2D eigenvalue weighted by molar-refractivity contribution is 7.89. The maximum Gasteiger partial charge on any atom is 0.215 e. The Morgan fingerprint density at radius 2 is 1.86 bits per heavy atom. The van der Waals surface area contributed by atoms with E-state index in [0.29, 0.717) is 36.6 Å². The van der Waals surface area contributed by atoms with E-state index in [9.17, 15) is 8.42 Å². The SMILES string of the molecule is CCN(CC)S(=O)(=O)CCNc1ccc2nccnc2n1. The van der Waals surface area contributed by atoms with Crippen LogP contribution in [0.3, 0.4) is 0 Å². The van der Waals surface area contributed by atoms with Crippen LogP contribution in [0, 0.1) is 0 Å². The van der Waals surface area contributed by atoms with E-state index in [1.807, 2.05) is 13.8 Å². The average molecular weight is 309 g/mol. The molecule has 7 nitrogen and oxygen atoms in total. The Bertz CT molecular complexity index is 701. The Hall–Kier alpha value is -1.80. The van der Waals surface area contributed by atoms with Gasteiger partial charge in [0, 0.05) is 32.0 Å². The standard InChI is InChI=1S/C13H19N5O2S/c1-3-18(4-2)21(19,20)10-9-15-12-6-5-11-13(17-12)16-8-7-14-11/h5-8H,3-4,9-10H2,1-2H3,(H,15,16,17). The van der Waals surface area contributed by atoms with Crippen LogP contribution in [0.25, 0.3) is 11.2 Å². The molecule has 2 rings (SSSR count). The van der Waals surface area contributed by atoms with Crippen LogP contribution in [0.1, 0.15) is 13.8 Å². The minimum atomic E-state index is -3.22. The first-order chi connectivity index (χ1) is 10.1. The summed E-state index contributed by atoms with van der Waals surface area (Å²) in [7, 11) is -3.22. The molecular weight excluding hydrogens is 290 g/mol. The van der Waals surface area contributed by atoms with Gasteiger partial charge in [0.05, 0.1) is 5.75 Å². The lowest BCUT2D eigenvalue weighted by Crippen LogP contribution is -2.34. The smallest absolute Gasteiger partial charge is 0.215 e. The van der Waals surface area contributed by atoms with Gasteiger partial charge in [-0.15, -0.1) is 0 Å². The maximum atomic E-state index is 12.0. The summed E-state index contributed by atoms with van der Waals surface area (Å²) in [6, 6.07) is 3.57. The number of rotatable bonds is 7. The highest BCUT2D eigenvalue weighted by atomic mass is 32.2. The normalized spacial score (nSPS) is 12.0. The summed E-state index contributed by atoms with van der Waals surface area (Å²) < 4.78 is 25.5. The van der Waals surface area contributed by atoms with Gasteiger partial charge in [0.15, 0.2) is 5.65 Å². The maximum absolute atomic E-state index is 12.0. The zero-order valence-corrected chi connectivity index (χ0v) is 13.0. The van der Waals surface area contributed by atoms with E-state index in [2.05, 4.69) is 20.3 Å². The number of nitrogens with zero attached hydrogens (tertiary/aromatic N) is 4. The number of hydrogen-bond donors (Lipinski definition) is 1. The van der Waals surface area contributed by atoms with E-state index in [0.717, 1.165) is 0 Å². The molecule has 0 aliphatic rings. The molecule has 0 atom stereocenters. The third kappa shape index (κ3) is 3.85. The molecule has 0 saturated heterocycles. The van der Waals surface area contributed by atoms with Gasteiger partial charge in [-0.3, -0.25) is 4.98 Å². The van der Waals surface area contributed by atoms with Crippen LogP contribution < -0.4 is 5.32 Å². The minimum absolute atomic E-state index is 0.0366. The van der Waals surface area contributed by atoms with Crippen LogP contribution in [-0.4, -0.2) is 53.1 Å². The van der Waals surface area contributed by atoms with E-state index >= 15 is 0 Å². The lowest BCUT2D eigenvalue weighted by Gasteiger charge is -2.18. The van der Waals surface area contributed by atoms with Crippen molar-refractivity contribution in [3.05, 3.63) is 24.5 Å². The van der Waals surface area contributed by atoms with E-state index < -0.39 is 10.0 Å². The number of fused-ring (bicyclic) bond motifs is 1. The fourth-order valence-electron chi connectivity index (χ4n) is 2.01. The summed E-state index contributed by atoms with van der Waals surface area (Å²) in [6.07, 6.45) is 3.18. The summed E-state index contributed by atoms with van der Waals surface area (Å²) >= 11 is 0. The van der Waals surface area contributed by atoms with Crippen molar-refractivity contribution in [1.82, 2.24) is 19.3 Å². The third-order valence-electron chi connectivity index (χ3n) is 3.10. The van der Waals surface area contributed by atoms with Crippen molar-refractivity contribution in [2.75, 3.05) is 30.7 Å². The van der Waals surface area contributed by atoms with Gasteiger partial charge in [-0.1, -0.05) is 13.8 Å². The molecule has 1 N–H and O–H groups in total. The summed E-state index contributed by atoms with van der Waals surface area (Å²) in [5.41, 5.74) is 1.24. The Morgan fingerprint density at radius 3 is 2.57 bits per heavy atom. The molecule has 0 aliphatic heterocycles. The van der Waals surface area contributed by atoms with Crippen molar-refractivity contribution in [2.45, 2.75) is 13.8 Å². The van der Waals surface area contributed by atoms with Gasteiger partial charge in [-0.05, 0) is 12.1 Å². The zero-order valence-electron chi connectivity index (χ0n) is 12.2. The number of nitrogens with one attached hydrogen (secondary N) is 1. The molecule has 2 aromatic rings. The molecule has 0 amide bonds. The Kier molecular flexibility index (Phi) is 5.03. The van der Waals surface area contributed by atoms with Crippen LogP contribution in [0.2, 0.25) is 0 Å². The van der Waals surface area contributed by atoms with Gasteiger partial charge in [0.1, 0.15) is 11.3 Å². The second-order valence-corrected chi connectivity index (χ2v) is 6.51. The monoisotopic (exact) mass is 309 g/mol. The van der Waals surface area contributed by atoms with E-state index in [4.69, 9.17) is 0 Å². The fourth-order valence-corrected chi connectivity index (χ4v) is 3.41. The molecule has 0 saturated carbocycles. The van der Waals surface area contributed by atoms with Gasteiger partial charge >= 0.3 is 0 Å². The predicted octanol–water partition coefficient (Wildman–Crippen LogP) is 1.11. The molecule has 0 aromatic carbocycles. The van der Waals surface area contributed by atoms with Crippen molar-refractivity contribution in [3.8, 4) is 0 Å². The Morgan fingerprint density at radius 1 is 1.14 bits per heavy atom. The molecule has 8 heteroatoms. The number of aromatic nitrogens is 3. The summed E-state index contributed by atoms with van der Waals surface area (Å²) in [4.78, 5) is 12.5. The van der Waals surface area contributed by atoms with Crippen LogP contribution in [0.5, 0.6) is 0 Å². The van der Waals surface area contributed by atoms with Crippen molar-refractivity contribution in [2.24, 2.45) is 0 Å². The lowest BCUT2D eigenvalue weighted by molar-refractivity contribution is 0.446. The summed E-state index contributed by atoms with van der Waals surface area (Å²) in [5.74, 6) is 0.632. The van der Waals surface area contributed by atoms with Crippen molar-refractivity contribution in [3.63, 3.8) is 0 Å². The number of sulfonamides is 1. The lowest BCUT2D eigenvalue weighted by atomic mass is 10.4. The molecule has 21 heavy (non-hydrogen) atoms. The molecule has 0 fully saturated rings. The molecule has 0 radical (unpaired) electrons. The van der Waals surface area contributed by atoms with Crippen molar-refractivity contribution >= 4 is 27.0 Å². The first-order valence-electron chi connectivity index (χ1n) is 6.86. The second kappa shape index (κ2) is 6.77. The van der Waals surface area contributed by atoms with Crippen LogP contribution in [0.4, 0.5) is 5.82 Å². The highest BCUT2D eigenvalue weighted by Gasteiger charge is 2.17. The van der Waals surface area contributed by atoms with E-state index in [-0.39, 0.29) is 5.75 Å². The Balaban J connectivity index is 1.99. The van der Waals surface area contributed by atoms with Gasteiger partial charge in [-0.25, -0.2) is 22.7 Å². The summed E-state index contributed by atoms with van der Waals surface area (Å²) in [5, 5.41) is 3.01. The number of pyridine rings is 1. The number of hydrogen-bond acceptors (Lipinski definition) is 6. The number of anilines is 1. The molecule has 2 aromatic heterocycles. The van der Waals surface area contributed by atoms with Gasteiger partial charge < -0.3 is 5.32 Å². The molecule has 0 unspecified atom stereocenters. The van der Waals surface area contributed by atoms with E-state index in [1.54, 1.807) is 24.5 Å². The quantitative estimate of drug-likeness (QED) is 0.824. The Labute approximate surface area is 124 Å². The van der Waals surface area contributed by atoms with E-state index in [1.165, 1.54) is 4.31 Å². The first kappa shape index (κ1) is 15.6. The highest BCUT2D eigenvalue weighted by Crippen LogP contribution is 2.10. The average Bonchev–Trinajstić information content (AvgIpc) is 2.48. The topological polar surface area (TPSA) is 88.1 Å². The molecule has 0 bridgehead atoms. The predicted molar refractivity (Wildman–Crippen MR) is 82.5 cm³/mol. The van der Waals surface area contributed by atoms with Crippen molar-refractivity contribution in [1.29, 1.82) is 0 Å². The van der Waals surface area contributed by atoms with Crippen LogP contribution >= 0.6 is 0 Å².